The van der Waals surface area contributed by atoms with Crippen molar-refractivity contribution in [2.75, 3.05) is 0 Å². The third kappa shape index (κ3) is 4.53. The molecule has 0 saturated heterocycles. The predicted octanol–water partition coefficient (Wildman–Crippen LogP) is 4.34. The van der Waals surface area contributed by atoms with Gasteiger partial charge in [-0.1, -0.05) is 36.6 Å². The first-order valence-electron chi connectivity index (χ1n) is 9.07. The van der Waals surface area contributed by atoms with Crippen LogP contribution in [0.3, 0.4) is 0 Å². The maximum Gasteiger partial charge on any atom is 0.387 e. The van der Waals surface area contributed by atoms with Crippen molar-refractivity contribution in [1.82, 2.24) is 5.32 Å². The molecule has 29 heavy (non-hydrogen) atoms. The summed E-state index contributed by atoms with van der Waals surface area (Å²) in [7, 11) is -3.94. The molecular formula is C20H20ClF2NO4S. The molecule has 2 aromatic carbocycles. The number of halogens is 3. The number of carbonyl (C=O) groups excluding carboxylic acids is 1. The van der Waals surface area contributed by atoms with E-state index < -0.39 is 27.1 Å². The van der Waals surface area contributed by atoms with Crippen molar-refractivity contribution < 1.29 is 26.7 Å². The molecule has 0 atom stereocenters. The highest BCUT2D eigenvalue weighted by atomic mass is 35.5. The van der Waals surface area contributed by atoms with Crippen molar-refractivity contribution in [2.24, 2.45) is 0 Å². The second-order valence-electron chi connectivity index (χ2n) is 6.87. The van der Waals surface area contributed by atoms with Gasteiger partial charge >= 0.3 is 6.61 Å². The molecule has 0 aliphatic heterocycles. The molecule has 1 fully saturated rings. The van der Waals surface area contributed by atoms with Crippen LogP contribution in [0.1, 0.15) is 31.2 Å². The fourth-order valence-electron chi connectivity index (χ4n) is 3.58. The molecule has 1 N–H and O–H groups in total. The van der Waals surface area contributed by atoms with Crippen LogP contribution in [0.15, 0.2) is 53.4 Å². The Morgan fingerprint density at radius 2 is 1.79 bits per heavy atom. The molecule has 1 aliphatic carbocycles. The minimum atomic E-state index is -3.94. The molecular weight excluding hydrogens is 424 g/mol. The van der Waals surface area contributed by atoms with E-state index in [1.807, 2.05) is 0 Å². The number of rotatable bonds is 7. The fraction of sp³-hybridized carbons (Fsp3) is 0.350. The number of amides is 1. The van der Waals surface area contributed by atoms with Crippen molar-refractivity contribution in [1.29, 1.82) is 0 Å². The summed E-state index contributed by atoms with van der Waals surface area (Å²) in [6.45, 7) is -2.96. The number of hydrogen-bond donors (Lipinski definition) is 1. The van der Waals surface area contributed by atoms with Gasteiger partial charge in [0, 0.05) is 11.6 Å². The lowest BCUT2D eigenvalue weighted by atomic mass is 10.1. The number of sulfone groups is 1. The summed E-state index contributed by atoms with van der Waals surface area (Å²) in [6, 6.07) is 11.7. The van der Waals surface area contributed by atoms with E-state index in [-0.39, 0.29) is 30.0 Å². The highest BCUT2D eigenvalue weighted by Crippen LogP contribution is 2.41. The van der Waals surface area contributed by atoms with Crippen LogP contribution in [0.2, 0.25) is 5.02 Å². The van der Waals surface area contributed by atoms with E-state index in [2.05, 4.69) is 10.1 Å². The zero-order chi connectivity index (χ0) is 21.1. The van der Waals surface area contributed by atoms with Crippen molar-refractivity contribution in [3.8, 4) is 5.75 Å². The average Bonchev–Trinajstić information content (AvgIpc) is 3.18. The van der Waals surface area contributed by atoms with Gasteiger partial charge in [-0.25, -0.2) is 8.42 Å². The Hall–Kier alpha value is -2.19. The third-order valence-electron chi connectivity index (χ3n) is 5.04. The standard InChI is InChI=1S/C20H20ClF2NO4S/c21-15-6-8-17(9-7-15)29(26,27)20(10-1-2-11-20)18(25)24-13-14-4-3-5-16(12-14)28-19(22)23/h3-9,12,19H,1-2,10-11,13H2,(H,24,25). The van der Waals surface area contributed by atoms with Crippen molar-refractivity contribution >= 4 is 27.3 Å². The third-order valence-corrected chi connectivity index (χ3v) is 7.81. The highest BCUT2D eigenvalue weighted by molar-refractivity contribution is 7.93. The van der Waals surface area contributed by atoms with Gasteiger partial charge in [0.2, 0.25) is 5.91 Å². The summed E-state index contributed by atoms with van der Waals surface area (Å²) in [5.74, 6) is -0.624. The fourth-order valence-corrected chi connectivity index (χ4v) is 5.79. The molecule has 5 nitrogen and oxygen atoms in total. The van der Waals surface area contributed by atoms with E-state index in [0.717, 1.165) is 0 Å². The van der Waals surface area contributed by atoms with Gasteiger partial charge in [-0.2, -0.15) is 8.78 Å². The summed E-state index contributed by atoms with van der Waals surface area (Å²) in [4.78, 5) is 13.1. The van der Waals surface area contributed by atoms with Gasteiger partial charge in [-0.3, -0.25) is 4.79 Å². The Morgan fingerprint density at radius 1 is 1.14 bits per heavy atom. The minimum absolute atomic E-state index is 0.00282. The number of nitrogens with one attached hydrogen (secondary N) is 1. The topological polar surface area (TPSA) is 72.5 Å². The molecule has 1 aliphatic rings. The summed E-state index contributed by atoms with van der Waals surface area (Å²) in [5, 5.41) is 3.06. The number of alkyl halides is 2. The van der Waals surface area contributed by atoms with Crippen LogP contribution in [0.25, 0.3) is 0 Å². The number of benzene rings is 2. The van der Waals surface area contributed by atoms with E-state index in [0.29, 0.717) is 23.4 Å². The summed E-state index contributed by atoms with van der Waals surface area (Å²) in [6.07, 6.45) is 1.69. The lowest BCUT2D eigenvalue weighted by Gasteiger charge is -2.27. The molecule has 0 aromatic heterocycles. The summed E-state index contributed by atoms with van der Waals surface area (Å²) < 4.78 is 54.1. The lowest BCUT2D eigenvalue weighted by Crippen LogP contribution is -2.50. The monoisotopic (exact) mass is 443 g/mol. The summed E-state index contributed by atoms with van der Waals surface area (Å²) in [5.41, 5.74) is 0.522. The van der Waals surface area contributed by atoms with E-state index in [1.165, 1.54) is 42.5 Å². The molecule has 156 valence electrons. The lowest BCUT2D eigenvalue weighted by molar-refractivity contribution is -0.123. The Kier molecular flexibility index (Phi) is 6.43. The van der Waals surface area contributed by atoms with Crippen LogP contribution < -0.4 is 10.1 Å². The number of hydrogen-bond acceptors (Lipinski definition) is 4. The maximum atomic E-state index is 13.3. The van der Waals surface area contributed by atoms with Gasteiger partial charge in [-0.05, 0) is 54.8 Å². The second-order valence-corrected chi connectivity index (χ2v) is 9.56. The number of ether oxygens (including phenoxy) is 1. The van der Waals surface area contributed by atoms with Crippen molar-refractivity contribution in [2.45, 2.75) is 48.5 Å². The summed E-state index contributed by atoms with van der Waals surface area (Å²) >= 11 is 5.85. The molecule has 9 heteroatoms. The quantitative estimate of drug-likeness (QED) is 0.690. The van der Waals surface area contributed by atoms with E-state index in [9.17, 15) is 22.0 Å². The Bertz CT molecular complexity index is 974. The molecule has 0 heterocycles. The van der Waals surface area contributed by atoms with E-state index in [4.69, 9.17) is 11.6 Å². The van der Waals surface area contributed by atoms with E-state index in [1.54, 1.807) is 6.07 Å². The molecule has 0 radical (unpaired) electrons. The average molecular weight is 444 g/mol. The minimum Gasteiger partial charge on any atom is -0.435 e. The Labute approximate surface area is 172 Å². The zero-order valence-electron chi connectivity index (χ0n) is 15.4. The van der Waals surface area contributed by atoms with Crippen LogP contribution in [0.4, 0.5) is 8.78 Å². The first-order chi connectivity index (χ1) is 13.7. The number of carbonyl (C=O) groups is 1. The smallest absolute Gasteiger partial charge is 0.387 e. The van der Waals surface area contributed by atoms with Gasteiger partial charge < -0.3 is 10.1 Å². The van der Waals surface area contributed by atoms with Crippen LogP contribution in [-0.4, -0.2) is 25.7 Å². The van der Waals surface area contributed by atoms with Crippen molar-refractivity contribution in [3.05, 3.63) is 59.1 Å². The molecule has 2 aromatic rings. The Morgan fingerprint density at radius 3 is 2.41 bits per heavy atom. The normalized spacial score (nSPS) is 16.0. The van der Waals surface area contributed by atoms with Crippen LogP contribution in [0.5, 0.6) is 5.75 Å². The largest absolute Gasteiger partial charge is 0.435 e. The van der Waals surface area contributed by atoms with Gasteiger partial charge in [0.15, 0.2) is 14.6 Å². The molecule has 0 bridgehead atoms. The molecule has 3 rings (SSSR count). The van der Waals surface area contributed by atoms with Crippen molar-refractivity contribution in [3.63, 3.8) is 0 Å². The van der Waals surface area contributed by atoms with E-state index >= 15 is 0 Å². The first kappa shape index (κ1) is 21.5. The Balaban J connectivity index is 1.80. The van der Waals surface area contributed by atoms with Gasteiger partial charge in [-0.15, -0.1) is 0 Å². The predicted molar refractivity (Wildman–Crippen MR) is 105 cm³/mol. The second kappa shape index (κ2) is 8.67. The zero-order valence-corrected chi connectivity index (χ0v) is 17.0. The molecule has 1 saturated carbocycles. The van der Waals surface area contributed by atoms with Crippen LogP contribution >= 0.6 is 11.6 Å². The van der Waals surface area contributed by atoms with Gasteiger partial charge in [0.05, 0.1) is 4.90 Å². The van der Waals surface area contributed by atoms with Gasteiger partial charge in [0.1, 0.15) is 5.75 Å². The highest BCUT2D eigenvalue weighted by Gasteiger charge is 2.52. The molecule has 0 unspecified atom stereocenters. The van der Waals surface area contributed by atoms with Crippen LogP contribution in [0, 0.1) is 0 Å². The first-order valence-corrected chi connectivity index (χ1v) is 10.9. The SMILES string of the molecule is O=C(NCc1cccc(OC(F)F)c1)C1(S(=O)(=O)c2ccc(Cl)cc2)CCCC1. The van der Waals surface area contributed by atoms with Crippen LogP contribution in [-0.2, 0) is 21.2 Å². The molecule has 0 spiro atoms. The maximum absolute atomic E-state index is 13.3. The van der Waals surface area contributed by atoms with Gasteiger partial charge in [0.25, 0.3) is 0 Å². The molecule has 1 amide bonds.